The van der Waals surface area contributed by atoms with Crippen molar-refractivity contribution < 1.29 is 23.9 Å². The van der Waals surface area contributed by atoms with Crippen molar-refractivity contribution in [2.75, 3.05) is 6.61 Å². The van der Waals surface area contributed by atoms with Crippen LogP contribution < -0.4 is 0 Å². The summed E-state index contributed by atoms with van der Waals surface area (Å²) in [5.41, 5.74) is 2.83. The molecule has 0 atom stereocenters. The molecule has 3 rings (SSSR count). The van der Waals surface area contributed by atoms with Gasteiger partial charge in [0.05, 0.1) is 6.61 Å². The number of esters is 2. The van der Waals surface area contributed by atoms with Crippen molar-refractivity contribution in [2.24, 2.45) is 0 Å². The Labute approximate surface area is 232 Å². The molecule has 3 aromatic rings. The van der Waals surface area contributed by atoms with Gasteiger partial charge < -0.3 is 14.0 Å². The van der Waals surface area contributed by atoms with Crippen LogP contribution in [0, 0.1) is 0 Å². The standard InChI is InChI=1S/C33H43NO5/c1-2-38-32(36)23-16-24-34-25-29(28-19-14-15-20-30(28)34)31(35)21-12-7-5-3-4-6-8-13-22-33(37)39-26-27-17-10-9-11-18-27/h9-11,14-15,17-20,25H,2-8,12-13,16,21-24,26H2,1H3. The minimum absolute atomic E-state index is 0.122. The van der Waals surface area contributed by atoms with E-state index in [1.165, 1.54) is 0 Å². The highest BCUT2D eigenvalue weighted by Crippen LogP contribution is 2.24. The number of carbonyl (C=O) groups excluding carboxylic acids is 3. The van der Waals surface area contributed by atoms with Crippen LogP contribution in [0.3, 0.4) is 0 Å². The largest absolute Gasteiger partial charge is 0.466 e. The molecule has 0 spiro atoms. The van der Waals surface area contributed by atoms with Crippen molar-refractivity contribution in [1.29, 1.82) is 0 Å². The number of Topliss-reactive ketones (excluding diaryl/α,β-unsaturated/α-hetero) is 1. The molecule has 1 heterocycles. The Morgan fingerprint density at radius 2 is 1.26 bits per heavy atom. The highest BCUT2D eigenvalue weighted by molar-refractivity contribution is 6.08. The van der Waals surface area contributed by atoms with Gasteiger partial charge in [-0.1, -0.05) is 87.1 Å². The van der Waals surface area contributed by atoms with E-state index in [0.717, 1.165) is 73.4 Å². The van der Waals surface area contributed by atoms with E-state index >= 15 is 0 Å². The van der Waals surface area contributed by atoms with Crippen LogP contribution in [0.25, 0.3) is 10.9 Å². The fraction of sp³-hybridized carbons (Fsp3) is 0.485. The average molecular weight is 534 g/mol. The van der Waals surface area contributed by atoms with Crippen molar-refractivity contribution in [3.8, 4) is 0 Å². The zero-order valence-electron chi connectivity index (χ0n) is 23.4. The Bertz CT molecular complexity index is 1170. The second-order valence-electron chi connectivity index (χ2n) is 10.1. The molecule has 0 radical (unpaired) electrons. The molecule has 6 nitrogen and oxygen atoms in total. The molecular formula is C33H43NO5. The number of aromatic nitrogens is 1. The first kappa shape index (κ1) is 30.1. The van der Waals surface area contributed by atoms with Gasteiger partial charge in [-0.25, -0.2) is 0 Å². The highest BCUT2D eigenvalue weighted by Gasteiger charge is 2.15. The Kier molecular flexibility index (Phi) is 13.3. The van der Waals surface area contributed by atoms with E-state index < -0.39 is 0 Å². The first-order valence-electron chi connectivity index (χ1n) is 14.5. The van der Waals surface area contributed by atoms with Crippen molar-refractivity contribution >= 4 is 28.6 Å². The summed E-state index contributed by atoms with van der Waals surface area (Å²) in [7, 11) is 0. The molecule has 210 valence electrons. The number of para-hydroxylation sites is 1. The summed E-state index contributed by atoms with van der Waals surface area (Å²) in [6.45, 7) is 3.24. The van der Waals surface area contributed by atoms with Crippen LogP contribution in [-0.2, 0) is 32.2 Å². The third kappa shape index (κ3) is 10.7. The summed E-state index contributed by atoms with van der Waals surface area (Å²) in [5, 5.41) is 0.989. The van der Waals surface area contributed by atoms with Crippen molar-refractivity contribution in [1.82, 2.24) is 4.57 Å². The van der Waals surface area contributed by atoms with Crippen molar-refractivity contribution in [3.63, 3.8) is 0 Å². The maximum atomic E-state index is 13.0. The maximum absolute atomic E-state index is 13.0. The van der Waals surface area contributed by atoms with Gasteiger partial charge in [-0.05, 0) is 37.8 Å². The number of fused-ring (bicyclic) bond motifs is 1. The van der Waals surface area contributed by atoms with Gasteiger partial charge in [0.2, 0.25) is 0 Å². The number of hydrogen-bond acceptors (Lipinski definition) is 5. The van der Waals surface area contributed by atoms with E-state index in [-0.39, 0.29) is 17.7 Å². The van der Waals surface area contributed by atoms with E-state index in [0.29, 0.717) is 45.4 Å². The molecule has 0 unspecified atom stereocenters. The Morgan fingerprint density at radius 3 is 1.97 bits per heavy atom. The van der Waals surface area contributed by atoms with Crippen molar-refractivity contribution in [2.45, 2.75) is 97.1 Å². The molecule has 6 heteroatoms. The molecule has 0 aliphatic carbocycles. The fourth-order valence-corrected chi connectivity index (χ4v) is 4.84. The smallest absolute Gasteiger partial charge is 0.306 e. The number of hydrogen-bond donors (Lipinski definition) is 0. The lowest BCUT2D eigenvalue weighted by molar-refractivity contribution is -0.145. The van der Waals surface area contributed by atoms with E-state index in [9.17, 15) is 14.4 Å². The Morgan fingerprint density at radius 1 is 0.667 bits per heavy atom. The molecule has 0 fully saturated rings. The first-order valence-corrected chi connectivity index (χ1v) is 14.5. The van der Waals surface area contributed by atoms with Crippen LogP contribution in [0.4, 0.5) is 0 Å². The zero-order chi connectivity index (χ0) is 27.7. The number of rotatable bonds is 19. The van der Waals surface area contributed by atoms with Crippen molar-refractivity contribution in [3.05, 3.63) is 71.9 Å². The van der Waals surface area contributed by atoms with E-state index in [1.54, 1.807) is 0 Å². The molecule has 0 aliphatic heterocycles. The molecule has 0 bridgehead atoms. The zero-order valence-corrected chi connectivity index (χ0v) is 23.4. The molecule has 0 saturated carbocycles. The van der Waals surface area contributed by atoms with Gasteiger partial charge in [0, 0.05) is 48.5 Å². The fourth-order valence-electron chi connectivity index (χ4n) is 4.84. The second-order valence-corrected chi connectivity index (χ2v) is 10.1. The predicted octanol–water partition coefficient (Wildman–Crippen LogP) is 7.81. The predicted molar refractivity (Wildman–Crippen MR) is 155 cm³/mol. The summed E-state index contributed by atoms with van der Waals surface area (Å²) < 4.78 is 12.4. The number of unbranched alkanes of at least 4 members (excludes halogenated alkanes) is 7. The first-order chi connectivity index (χ1) is 19.1. The van der Waals surface area contributed by atoms with Crippen LogP contribution in [0.5, 0.6) is 0 Å². The van der Waals surface area contributed by atoms with Gasteiger partial charge in [-0.2, -0.15) is 0 Å². The molecule has 0 aliphatic rings. The Balaban J connectivity index is 1.26. The highest BCUT2D eigenvalue weighted by atomic mass is 16.5. The lowest BCUT2D eigenvalue weighted by Crippen LogP contribution is -2.06. The topological polar surface area (TPSA) is 74.6 Å². The van der Waals surface area contributed by atoms with Gasteiger partial charge >= 0.3 is 11.9 Å². The van der Waals surface area contributed by atoms with E-state index in [4.69, 9.17) is 9.47 Å². The van der Waals surface area contributed by atoms with Crippen LogP contribution in [0.2, 0.25) is 0 Å². The molecular weight excluding hydrogens is 490 g/mol. The number of nitrogens with zero attached hydrogens (tertiary/aromatic N) is 1. The average Bonchev–Trinajstić information content (AvgIpc) is 3.32. The molecule has 1 aromatic heterocycles. The summed E-state index contributed by atoms with van der Waals surface area (Å²) >= 11 is 0. The van der Waals surface area contributed by atoms with E-state index in [1.807, 2.05) is 67.7 Å². The summed E-state index contributed by atoms with van der Waals surface area (Å²) in [6, 6.07) is 17.7. The van der Waals surface area contributed by atoms with Gasteiger partial charge in [0.15, 0.2) is 5.78 Å². The van der Waals surface area contributed by atoms with Crippen LogP contribution in [-0.4, -0.2) is 28.9 Å². The van der Waals surface area contributed by atoms with Crippen LogP contribution in [0.1, 0.15) is 99.9 Å². The molecule has 0 amide bonds. The number of ketones is 1. The third-order valence-electron chi connectivity index (χ3n) is 6.95. The normalized spacial score (nSPS) is 11.0. The lowest BCUT2D eigenvalue weighted by Gasteiger charge is -2.05. The minimum atomic E-state index is -0.176. The second kappa shape index (κ2) is 17.2. The van der Waals surface area contributed by atoms with Gasteiger partial charge in [0.1, 0.15) is 6.61 Å². The number of carbonyl (C=O) groups is 3. The SMILES string of the molecule is CCOC(=O)CCCn1cc(C(=O)CCCCCCCCCCC(=O)OCc2ccccc2)c2ccccc21. The minimum Gasteiger partial charge on any atom is -0.466 e. The van der Waals surface area contributed by atoms with Gasteiger partial charge in [-0.3, -0.25) is 14.4 Å². The Hall–Kier alpha value is -3.41. The van der Waals surface area contributed by atoms with Crippen LogP contribution in [0.15, 0.2) is 60.8 Å². The molecule has 0 saturated heterocycles. The summed E-state index contributed by atoms with van der Waals surface area (Å²) in [6.07, 6.45) is 12.5. The molecule has 0 N–H and O–H groups in total. The summed E-state index contributed by atoms with van der Waals surface area (Å²) in [4.78, 5) is 36.5. The lowest BCUT2D eigenvalue weighted by atomic mass is 10.0. The third-order valence-corrected chi connectivity index (χ3v) is 6.95. The monoisotopic (exact) mass is 533 g/mol. The van der Waals surface area contributed by atoms with Crippen LogP contribution >= 0.6 is 0 Å². The number of ether oxygens (including phenoxy) is 2. The molecule has 2 aromatic carbocycles. The van der Waals surface area contributed by atoms with Gasteiger partial charge in [0.25, 0.3) is 0 Å². The summed E-state index contributed by atoms with van der Waals surface area (Å²) in [5.74, 6) is -0.109. The quantitative estimate of drug-likeness (QED) is 0.0892. The van der Waals surface area contributed by atoms with E-state index in [2.05, 4.69) is 4.57 Å². The molecule has 39 heavy (non-hydrogen) atoms. The van der Waals surface area contributed by atoms with Gasteiger partial charge in [-0.15, -0.1) is 0 Å². The number of aryl methyl sites for hydroxylation is 1. The number of benzene rings is 2. The maximum Gasteiger partial charge on any atom is 0.306 e.